The van der Waals surface area contributed by atoms with Crippen LogP contribution in [-0.4, -0.2) is 39.4 Å². The third-order valence-electron chi connectivity index (χ3n) is 5.32. The van der Waals surface area contributed by atoms with E-state index in [-0.39, 0.29) is 24.0 Å². The zero-order valence-corrected chi connectivity index (χ0v) is 15.7. The number of hydrazine groups is 1. The van der Waals surface area contributed by atoms with Crippen molar-refractivity contribution in [3.05, 3.63) is 58.1 Å². The van der Waals surface area contributed by atoms with Gasteiger partial charge in [0.2, 0.25) is 0 Å². The quantitative estimate of drug-likeness (QED) is 0.823. The van der Waals surface area contributed by atoms with Gasteiger partial charge in [0.15, 0.2) is 0 Å². The molecule has 2 aromatic rings. The Morgan fingerprint density at radius 3 is 2.73 bits per heavy atom. The Hall–Kier alpha value is -1.73. The number of likely N-dealkylation sites (tertiary alicyclic amines) is 1. The first-order valence-corrected chi connectivity index (χ1v) is 9.36. The summed E-state index contributed by atoms with van der Waals surface area (Å²) >= 11 is 12.3. The third-order valence-corrected chi connectivity index (χ3v) is 6.14. The highest BCUT2D eigenvalue weighted by Gasteiger charge is 2.46. The van der Waals surface area contributed by atoms with Gasteiger partial charge in [-0.2, -0.15) is 0 Å². The van der Waals surface area contributed by atoms with Crippen molar-refractivity contribution >= 4 is 29.1 Å². The number of hydrogen-bond donors (Lipinski definition) is 2. The zero-order valence-electron chi connectivity index (χ0n) is 14.2. The summed E-state index contributed by atoms with van der Waals surface area (Å²) in [5, 5.41) is 0.698. The summed E-state index contributed by atoms with van der Waals surface area (Å²) in [6.07, 6.45) is 4.35. The van der Waals surface area contributed by atoms with E-state index in [1.165, 1.54) is 0 Å². The van der Waals surface area contributed by atoms with E-state index in [4.69, 9.17) is 23.2 Å². The Balaban J connectivity index is 1.55. The van der Waals surface area contributed by atoms with Crippen molar-refractivity contribution in [1.82, 2.24) is 25.7 Å². The maximum absolute atomic E-state index is 13.0. The molecule has 4 atom stereocenters. The topological polar surface area (TPSA) is 70.2 Å². The molecule has 2 aliphatic heterocycles. The summed E-state index contributed by atoms with van der Waals surface area (Å²) in [7, 11) is 0. The molecule has 1 amide bonds. The van der Waals surface area contributed by atoms with Gasteiger partial charge < -0.3 is 4.90 Å². The van der Waals surface area contributed by atoms with Crippen LogP contribution in [-0.2, 0) is 0 Å². The molecule has 1 aromatic carbocycles. The summed E-state index contributed by atoms with van der Waals surface area (Å²) in [5.41, 5.74) is 7.08. The number of benzene rings is 1. The van der Waals surface area contributed by atoms with Gasteiger partial charge in [0.25, 0.3) is 5.91 Å². The van der Waals surface area contributed by atoms with Gasteiger partial charge >= 0.3 is 0 Å². The van der Waals surface area contributed by atoms with Crippen LogP contribution in [0.5, 0.6) is 0 Å². The summed E-state index contributed by atoms with van der Waals surface area (Å²) in [5.74, 6) is 0.994. The maximum atomic E-state index is 13.0. The molecule has 0 spiro atoms. The number of aromatic nitrogens is 2. The minimum atomic E-state index is -0.0929. The number of carbonyl (C=O) groups is 1. The molecular weight excluding hydrogens is 373 g/mol. The van der Waals surface area contributed by atoms with Crippen molar-refractivity contribution in [2.75, 3.05) is 6.54 Å². The van der Waals surface area contributed by atoms with E-state index in [1.807, 2.05) is 11.0 Å². The van der Waals surface area contributed by atoms with Gasteiger partial charge in [-0.25, -0.2) is 15.4 Å². The normalized spacial score (nSPS) is 28.0. The lowest BCUT2D eigenvalue weighted by Gasteiger charge is -2.41. The van der Waals surface area contributed by atoms with E-state index in [2.05, 4.69) is 27.7 Å². The minimum absolute atomic E-state index is 0.00231. The van der Waals surface area contributed by atoms with E-state index < -0.39 is 0 Å². The van der Waals surface area contributed by atoms with Crippen LogP contribution < -0.4 is 10.9 Å². The van der Waals surface area contributed by atoms with Crippen molar-refractivity contribution in [3.8, 4) is 0 Å². The van der Waals surface area contributed by atoms with Crippen LogP contribution in [0.1, 0.15) is 35.6 Å². The van der Waals surface area contributed by atoms with Crippen LogP contribution in [0.2, 0.25) is 10.0 Å². The molecule has 26 heavy (non-hydrogen) atoms. The Kier molecular flexibility index (Phi) is 4.84. The zero-order chi connectivity index (χ0) is 18.3. The average molecular weight is 392 g/mol. The second kappa shape index (κ2) is 7.12. The predicted octanol–water partition coefficient (Wildman–Crippen LogP) is 2.85. The summed E-state index contributed by atoms with van der Waals surface area (Å²) in [4.78, 5) is 23.6. The summed E-state index contributed by atoms with van der Waals surface area (Å²) in [6.45, 7) is 2.70. The van der Waals surface area contributed by atoms with E-state index in [1.54, 1.807) is 30.6 Å². The predicted molar refractivity (Wildman–Crippen MR) is 99.9 cm³/mol. The molecule has 3 heterocycles. The van der Waals surface area contributed by atoms with Crippen molar-refractivity contribution in [3.63, 3.8) is 0 Å². The first-order valence-electron chi connectivity index (χ1n) is 8.61. The molecule has 0 radical (unpaired) electrons. The maximum Gasteiger partial charge on any atom is 0.255 e. The number of halogens is 2. The highest BCUT2D eigenvalue weighted by molar-refractivity contribution is 6.43. The van der Waals surface area contributed by atoms with Gasteiger partial charge in [0.05, 0.1) is 21.7 Å². The summed E-state index contributed by atoms with van der Waals surface area (Å²) in [6, 6.07) is 7.10. The molecule has 2 N–H and O–H groups in total. The minimum Gasteiger partial charge on any atom is -0.334 e. The fourth-order valence-corrected chi connectivity index (χ4v) is 4.34. The Morgan fingerprint density at radius 1 is 1.19 bits per heavy atom. The Bertz CT molecular complexity index is 818. The first-order chi connectivity index (χ1) is 12.6. The molecule has 136 valence electrons. The number of nitrogens with zero attached hydrogens (tertiary/aromatic N) is 3. The van der Waals surface area contributed by atoms with Crippen molar-refractivity contribution < 1.29 is 4.79 Å². The van der Waals surface area contributed by atoms with E-state index in [9.17, 15) is 4.79 Å². The molecule has 0 aliphatic carbocycles. The molecule has 4 rings (SSSR count). The molecule has 1 aromatic heterocycles. The van der Waals surface area contributed by atoms with Gasteiger partial charge in [0.1, 0.15) is 5.82 Å². The van der Waals surface area contributed by atoms with E-state index in [0.29, 0.717) is 28.1 Å². The summed E-state index contributed by atoms with van der Waals surface area (Å²) < 4.78 is 0. The SMILES string of the molecule is CC1C2NNC(c3ncccn3)C2CCN1C(=O)c1cccc(Cl)c1Cl. The number of nitrogens with one attached hydrogen (secondary N) is 2. The second-order valence-electron chi connectivity index (χ2n) is 6.69. The van der Waals surface area contributed by atoms with Gasteiger partial charge in [-0.05, 0) is 31.5 Å². The van der Waals surface area contributed by atoms with Gasteiger partial charge in [-0.15, -0.1) is 0 Å². The van der Waals surface area contributed by atoms with Crippen molar-refractivity contribution in [1.29, 1.82) is 0 Å². The van der Waals surface area contributed by atoms with Crippen LogP contribution in [0.25, 0.3) is 0 Å². The van der Waals surface area contributed by atoms with Crippen LogP contribution in [0.3, 0.4) is 0 Å². The molecule has 4 unspecified atom stereocenters. The van der Waals surface area contributed by atoms with Crippen LogP contribution in [0.4, 0.5) is 0 Å². The smallest absolute Gasteiger partial charge is 0.255 e. The molecule has 8 heteroatoms. The Labute approximate surface area is 161 Å². The molecular formula is C18H19Cl2N5O. The lowest BCUT2D eigenvalue weighted by atomic mass is 9.82. The molecule has 2 fully saturated rings. The van der Waals surface area contributed by atoms with Gasteiger partial charge in [-0.1, -0.05) is 29.3 Å². The molecule has 2 saturated heterocycles. The lowest BCUT2D eigenvalue weighted by molar-refractivity contribution is 0.0521. The second-order valence-corrected chi connectivity index (χ2v) is 7.48. The first kappa shape index (κ1) is 17.7. The number of piperidine rings is 1. The van der Waals surface area contributed by atoms with Gasteiger partial charge in [-0.3, -0.25) is 10.2 Å². The van der Waals surface area contributed by atoms with Crippen LogP contribution in [0.15, 0.2) is 36.7 Å². The number of carbonyl (C=O) groups excluding carboxylic acids is 1. The standard InChI is InChI=1S/C18H19Cl2N5O/c1-10-15-12(16(24-23-15)17-21-7-3-8-22-17)6-9-25(10)18(26)11-4-2-5-13(19)14(11)20/h2-5,7-8,10,12,15-16,23-24H,6,9H2,1H3. The number of amides is 1. The molecule has 6 nitrogen and oxygen atoms in total. The average Bonchev–Trinajstić information content (AvgIpc) is 3.09. The van der Waals surface area contributed by atoms with E-state index >= 15 is 0 Å². The lowest BCUT2D eigenvalue weighted by Crippen LogP contribution is -2.56. The molecule has 2 aliphatic rings. The largest absolute Gasteiger partial charge is 0.334 e. The molecule has 0 saturated carbocycles. The highest BCUT2D eigenvalue weighted by atomic mass is 35.5. The highest BCUT2D eigenvalue weighted by Crippen LogP contribution is 2.37. The van der Waals surface area contributed by atoms with Crippen LogP contribution in [0, 0.1) is 5.92 Å². The Morgan fingerprint density at radius 2 is 1.96 bits per heavy atom. The van der Waals surface area contributed by atoms with E-state index in [0.717, 1.165) is 12.2 Å². The van der Waals surface area contributed by atoms with Crippen LogP contribution >= 0.6 is 23.2 Å². The number of rotatable bonds is 2. The fourth-order valence-electron chi connectivity index (χ4n) is 3.96. The number of hydrogen-bond acceptors (Lipinski definition) is 5. The van der Waals surface area contributed by atoms with Crippen molar-refractivity contribution in [2.45, 2.75) is 31.5 Å². The van der Waals surface area contributed by atoms with Crippen molar-refractivity contribution in [2.24, 2.45) is 5.92 Å². The van der Waals surface area contributed by atoms with Gasteiger partial charge in [0, 0.05) is 36.9 Å². The monoisotopic (exact) mass is 391 g/mol. The molecule has 0 bridgehead atoms. The third kappa shape index (κ3) is 2.97. The fraction of sp³-hybridized carbons (Fsp3) is 0.389. The number of fused-ring (bicyclic) bond motifs is 1.